The van der Waals surface area contributed by atoms with E-state index in [1.54, 1.807) is 0 Å². The van der Waals surface area contributed by atoms with Crippen LogP contribution in [0.1, 0.15) is 48.6 Å². The average Bonchev–Trinajstić information content (AvgIpc) is 2.72. The Hall–Kier alpha value is -1.55. The van der Waals surface area contributed by atoms with Crippen LogP contribution in [0, 0.1) is 6.92 Å². The lowest BCUT2D eigenvalue weighted by molar-refractivity contribution is 0.1000. The first-order chi connectivity index (χ1) is 9.88. The van der Waals surface area contributed by atoms with Crippen molar-refractivity contribution in [2.75, 3.05) is 0 Å². The van der Waals surface area contributed by atoms with Crippen LogP contribution in [0.15, 0.2) is 28.7 Å². The molecular formula is C17H21BrN2O. The number of nitrogens with two attached hydrogens (primary N) is 1. The number of hydrogen-bond donors (Lipinski definition) is 1. The predicted octanol–water partition coefficient (Wildman–Crippen LogP) is 4.47. The number of carbonyl (C=O) groups is 1. The molecule has 0 spiro atoms. The predicted molar refractivity (Wildman–Crippen MR) is 90.6 cm³/mol. The Kier molecular flexibility index (Phi) is 4.57. The van der Waals surface area contributed by atoms with E-state index in [4.69, 9.17) is 5.73 Å². The highest BCUT2D eigenvalue weighted by Gasteiger charge is 2.24. The van der Waals surface area contributed by atoms with Gasteiger partial charge in [-0.25, -0.2) is 0 Å². The van der Waals surface area contributed by atoms with E-state index >= 15 is 0 Å². The lowest BCUT2D eigenvalue weighted by atomic mass is 9.99. The molecule has 112 valence electrons. The van der Waals surface area contributed by atoms with E-state index in [2.05, 4.69) is 41.3 Å². The van der Waals surface area contributed by atoms with Gasteiger partial charge in [-0.2, -0.15) is 0 Å². The van der Waals surface area contributed by atoms with Crippen molar-refractivity contribution in [2.45, 2.75) is 40.2 Å². The summed E-state index contributed by atoms with van der Waals surface area (Å²) >= 11 is 3.45. The van der Waals surface area contributed by atoms with E-state index in [9.17, 15) is 4.79 Å². The molecule has 0 aliphatic carbocycles. The number of nitrogens with zero attached hydrogens (tertiary/aromatic N) is 1. The Bertz CT molecular complexity index is 669. The number of primary amides is 1. The fourth-order valence-corrected chi connectivity index (χ4v) is 3.31. The second kappa shape index (κ2) is 6.06. The van der Waals surface area contributed by atoms with Crippen LogP contribution in [0.25, 0.3) is 11.1 Å². The highest BCUT2D eigenvalue weighted by molar-refractivity contribution is 9.10. The van der Waals surface area contributed by atoms with E-state index in [0.29, 0.717) is 11.6 Å². The lowest BCUT2D eigenvalue weighted by Gasteiger charge is -2.15. The summed E-state index contributed by atoms with van der Waals surface area (Å²) in [6.07, 6.45) is 0.859. The summed E-state index contributed by atoms with van der Waals surface area (Å²) in [7, 11) is 0. The number of amides is 1. The second-order valence-electron chi connectivity index (χ2n) is 5.47. The monoisotopic (exact) mass is 348 g/mol. The molecule has 1 aromatic heterocycles. The van der Waals surface area contributed by atoms with Gasteiger partial charge in [-0.1, -0.05) is 35.0 Å². The van der Waals surface area contributed by atoms with Crippen molar-refractivity contribution in [3.8, 4) is 11.1 Å². The molecule has 2 rings (SSSR count). The van der Waals surface area contributed by atoms with Crippen LogP contribution >= 0.6 is 15.9 Å². The van der Waals surface area contributed by atoms with Crippen molar-refractivity contribution in [3.05, 3.63) is 45.7 Å². The number of aromatic nitrogens is 1. The van der Waals surface area contributed by atoms with E-state index in [-0.39, 0.29) is 5.91 Å². The molecule has 0 atom stereocenters. The third-order valence-corrected chi connectivity index (χ3v) is 4.31. The molecule has 21 heavy (non-hydrogen) atoms. The molecule has 0 unspecified atom stereocenters. The van der Waals surface area contributed by atoms with E-state index in [1.165, 1.54) is 5.69 Å². The SMILES string of the molecule is CCc1c(-c2ccc(Br)cc2)c(C(N)=O)c(C)n1C(C)C. The van der Waals surface area contributed by atoms with Gasteiger partial charge in [0.1, 0.15) is 0 Å². The molecule has 0 saturated heterocycles. The molecule has 0 aliphatic rings. The van der Waals surface area contributed by atoms with Crippen LogP contribution in [0.4, 0.5) is 0 Å². The maximum Gasteiger partial charge on any atom is 0.251 e. The summed E-state index contributed by atoms with van der Waals surface area (Å²) in [6, 6.07) is 8.32. The van der Waals surface area contributed by atoms with Crippen LogP contribution in [0.5, 0.6) is 0 Å². The number of carbonyl (C=O) groups excluding carboxylic acids is 1. The Morgan fingerprint density at radius 2 is 1.86 bits per heavy atom. The zero-order valence-corrected chi connectivity index (χ0v) is 14.5. The fourth-order valence-electron chi connectivity index (χ4n) is 3.04. The molecule has 0 radical (unpaired) electrons. The van der Waals surface area contributed by atoms with Gasteiger partial charge in [-0.15, -0.1) is 0 Å². The zero-order valence-electron chi connectivity index (χ0n) is 12.9. The topological polar surface area (TPSA) is 48.0 Å². The van der Waals surface area contributed by atoms with Crippen molar-refractivity contribution in [1.82, 2.24) is 4.57 Å². The van der Waals surface area contributed by atoms with Crippen molar-refractivity contribution in [1.29, 1.82) is 0 Å². The summed E-state index contributed by atoms with van der Waals surface area (Å²) < 4.78 is 3.24. The maximum atomic E-state index is 12.0. The molecule has 1 heterocycles. The van der Waals surface area contributed by atoms with E-state index < -0.39 is 0 Å². The molecule has 4 heteroatoms. The van der Waals surface area contributed by atoms with Gasteiger partial charge < -0.3 is 10.3 Å². The minimum atomic E-state index is -0.362. The summed E-state index contributed by atoms with van der Waals surface area (Å²) in [6.45, 7) is 8.34. The normalized spacial score (nSPS) is 11.1. The average molecular weight is 349 g/mol. The summed E-state index contributed by atoms with van der Waals surface area (Å²) in [5.41, 5.74) is 10.4. The largest absolute Gasteiger partial charge is 0.366 e. The molecule has 0 saturated carbocycles. The summed E-state index contributed by atoms with van der Waals surface area (Å²) in [5.74, 6) is -0.362. The van der Waals surface area contributed by atoms with Crippen LogP contribution in [0.3, 0.4) is 0 Å². The summed E-state index contributed by atoms with van der Waals surface area (Å²) in [5, 5.41) is 0. The smallest absolute Gasteiger partial charge is 0.251 e. The maximum absolute atomic E-state index is 12.0. The van der Waals surface area contributed by atoms with Gasteiger partial charge in [0.2, 0.25) is 0 Å². The summed E-state index contributed by atoms with van der Waals surface area (Å²) in [4.78, 5) is 12.0. The Labute approximate surface area is 134 Å². The van der Waals surface area contributed by atoms with Crippen molar-refractivity contribution in [2.24, 2.45) is 5.73 Å². The van der Waals surface area contributed by atoms with Gasteiger partial charge in [-0.05, 0) is 44.9 Å². The highest BCUT2D eigenvalue weighted by atomic mass is 79.9. The van der Waals surface area contributed by atoms with Crippen LogP contribution in [-0.2, 0) is 6.42 Å². The number of benzene rings is 1. The first-order valence-electron chi connectivity index (χ1n) is 7.17. The van der Waals surface area contributed by atoms with Crippen LogP contribution in [-0.4, -0.2) is 10.5 Å². The Morgan fingerprint density at radius 3 is 2.29 bits per heavy atom. The molecule has 1 aromatic carbocycles. The van der Waals surface area contributed by atoms with Crippen molar-refractivity contribution >= 4 is 21.8 Å². The second-order valence-corrected chi connectivity index (χ2v) is 6.39. The van der Waals surface area contributed by atoms with Gasteiger partial charge in [-0.3, -0.25) is 4.79 Å². The standard InChI is InChI=1S/C17H21BrN2O/c1-5-14-16(12-6-8-13(18)9-7-12)15(17(19)21)11(4)20(14)10(2)3/h6-10H,5H2,1-4H3,(H2,19,21). The third-order valence-electron chi connectivity index (χ3n) is 3.78. The first kappa shape index (κ1) is 15.8. The Morgan fingerprint density at radius 1 is 1.29 bits per heavy atom. The van der Waals surface area contributed by atoms with Gasteiger partial charge in [0, 0.05) is 27.5 Å². The number of hydrogen-bond acceptors (Lipinski definition) is 1. The molecule has 1 amide bonds. The van der Waals surface area contributed by atoms with Gasteiger partial charge >= 0.3 is 0 Å². The molecule has 2 aromatic rings. The third kappa shape index (κ3) is 2.77. The molecule has 0 fully saturated rings. The molecule has 3 nitrogen and oxygen atoms in total. The van der Waals surface area contributed by atoms with E-state index in [1.807, 2.05) is 31.2 Å². The highest BCUT2D eigenvalue weighted by Crippen LogP contribution is 2.35. The van der Waals surface area contributed by atoms with Crippen LogP contribution in [0.2, 0.25) is 0 Å². The van der Waals surface area contributed by atoms with E-state index in [0.717, 1.165) is 27.7 Å². The zero-order chi connectivity index (χ0) is 15.7. The van der Waals surface area contributed by atoms with Crippen molar-refractivity contribution in [3.63, 3.8) is 0 Å². The molecule has 0 bridgehead atoms. The van der Waals surface area contributed by atoms with Crippen LogP contribution < -0.4 is 5.73 Å². The lowest BCUT2D eigenvalue weighted by Crippen LogP contribution is -2.14. The fraction of sp³-hybridized carbons (Fsp3) is 0.353. The van der Waals surface area contributed by atoms with Gasteiger partial charge in [0.05, 0.1) is 5.56 Å². The minimum absolute atomic E-state index is 0.294. The minimum Gasteiger partial charge on any atom is -0.366 e. The quantitative estimate of drug-likeness (QED) is 0.870. The van der Waals surface area contributed by atoms with Gasteiger partial charge in [0.15, 0.2) is 0 Å². The number of halogens is 1. The molecule has 2 N–H and O–H groups in total. The first-order valence-corrected chi connectivity index (χ1v) is 7.97. The van der Waals surface area contributed by atoms with Gasteiger partial charge in [0.25, 0.3) is 5.91 Å². The molecular weight excluding hydrogens is 328 g/mol. The Balaban J connectivity index is 2.82. The number of rotatable bonds is 4. The molecule has 0 aliphatic heterocycles. The van der Waals surface area contributed by atoms with Crippen molar-refractivity contribution < 1.29 is 4.79 Å².